The van der Waals surface area contributed by atoms with E-state index < -0.39 is 0 Å². The lowest BCUT2D eigenvalue weighted by molar-refractivity contribution is -0.115. The summed E-state index contributed by atoms with van der Waals surface area (Å²) in [5, 5.41) is 7.59. The molecule has 2 amide bonds. The predicted molar refractivity (Wildman–Crippen MR) is 110 cm³/mol. The number of carbonyl (C=O) groups excluding carboxylic acids is 2. The van der Waals surface area contributed by atoms with Crippen LogP contribution in [0.4, 0.5) is 10.8 Å². The van der Waals surface area contributed by atoms with Gasteiger partial charge in [0.1, 0.15) is 0 Å². The fraction of sp³-hybridized carbons (Fsp3) is 0.111. The van der Waals surface area contributed by atoms with E-state index in [1.54, 1.807) is 12.3 Å². The highest BCUT2D eigenvalue weighted by atomic mass is 32.2. The molecule has 2 N–H and O–H groups in total. The molecule has 3 heterocycles. The van der Waals surface area contributed by atoms with Crippen molar-refractivity contribution in [3.8, 4) is 0 Å². The molecule has 0 spiro atoms. The van der Waals surface area contributed by atoms with Crippen molar-refractivity contribution in [2.24, 2.45) is 12.0 Å². The summed E-state index contributed by atoms with van der Waals surface area (Å²) < 4.78 is 2.03. The molecule has 0 atom stereocenters. The number of nitrogens with zero attached hydrogens (tertiary/aromatic N) is 3. The molecule has 7 nitrogen and oxygen atoms in total. The standard InChI is InChI=1S/C18H15N5O2S2/c1-10(24)20-17-19-9-13(26-17)8-15-16(25)22-18(27-15)21-12-4-3-11-5-6-23(2)14(11)7-12/h3-9H,1-2H3,(H,19,20,24)(H,21,22,25)/b15-8-. The van der Waals surface area contributed by atoms with Crippen LogP contribution < -0.4 is 10.6 Å². The number of rotatable bonds is 3. The van der Waals surface area contributed by atoms with Gasteiger partial charge in [-0.05, 0) is 41.4 Å². The van der Waals surface area contributed by atoms with E-state index in [1.165, 1.54) is 30.0 Å². The Bertz CT molecular complexity index is 1130. The Morgan fingerprint density at radius 1 is 1.37 bits per heavy atom. The second-order valence-electron chi connectivity index (χ2n) is 5.90. The summed E-state index contributed by atoms with van der Waals surface area (Å²) in [6, 6.07) is 7.96. The van der Waals surface area contributed by atoms with Crippen LogP contribution in [0.15, 0.2) is 46.6 Å². The summed E-state index contributed by atoms with van der Waals surface area (Å²) in [6.07, 6.45) is 5.36. The van der Waals surface area contributed by atoms with E-state index in [1.807, 2.05) is 42.1 Å². The SMILES string of the molecule is CC(=O)Nc1ncc(/C=C2\SC(=Nc3ccc4ccn(C)c4c3)NC2=O)s1. The van der Waals surface area contributed by atoms with E-state index in [-0.39, 0.29) is 11.8 Å². The van der Waals surface area contributed by atoms with E-state index in [2.05, 4.69) is 20.6 Å². The molecule has 0 bridgehead atoms. The molecule has 0 saturated carbocycles. The van der Waals surface area contributed by atoms with Gasteiger partial charge in [0.25, 0.3) is 5.91 Å². The minimum Gasteiger partial charge on any atom is -0.350 e. The molecule has 27 heavy (non-hydrogen) atoms. The highest BCUT2D eigenvalue weighted by Gasteiger charge is 2.24. The molecule has 2 aromatic heterocycles. The van der Waals surface area contributed by atoms with E-state index in [0.717, 1.165) is 21.5 Å². The lowest BCUT2D eigenvalue weighted by Crippen LogP contribution is -2.19. The van der Waals surface area contributed by atoms with Crippen molar-refractivity contribution in [2.75, 3.05) is 5.32 Å². The number of aryl methyl sites for hydroxylation is 1. The molecule has 1 aromatic carbocycles. The monoisotopic (exact) mass is 397 g/mol. The Hall–Kier alpha value is -2.91. The number of hydrogen-bond acceptors (Lipinski definition) is 6. The van der Waals surface area contributed by atoms with Crippen molar-refractivity contribution >= 4 is 67.9 Å². The van der Waals surface area contributed by atoms with Gasteiger partial charge in [0.2, 0.25) is 5.91 Å². The van der Waals surface area contributed by atoms with Crippen LogP contribution in [0.3, 0.4) is 0 Å². The first-order valence-electron chi connectivity index (χ1n) is 8.06. The van der Waals surface area contributed by atoms with Gasteiger partial charge in [0, 0.05) is 31.9 Å². The number of nitrogens with one attached hydrogen (secondary N) is 2. The zero-order valence-electron chi connectivity index (χ0n) is 14.5. The molecule has 4 rings (SSSR count). The lowest BCUT2D eigenvalue weighted by Gasteiger charge is -1.99. The van der Waals surface area contributed by atoms with Gasteiger partial charge >= 0.3 is 0 Å². The number of thiazole rings is 1. The number of aliphatic imine (C=N–C) groups is 1. The molecular weight excluding hydrogens is 382 g/mol. The van der Waals surface area contributed by atoms with Gasteiger partial charge < -0.3 is 15.2 Å². The topological polar surface area (TPSA) is 88.4 Å². The van der Waals surface area contributed by atoms with Crippen LogP contribution in [0.1, 0.15) is 11.8 Å². The largest absolute Gasteiger partial charge is 0.350 e. The Morgan fingerprint density at radius 3 is 3.04 bits per heavy atom. The van der Waals surface area contributed by atoms with Crippen LogP contribution in [0.25, 0.3) is 17.0 Å². The Balaban J connectivity index is 1.55. The van der Waals surface area contributed by atoms with Crippen molar-refractivity contribution in [3.05, 3.63) is 46.4 Å². The van der Waals surface area contributed by atoms with Crippen LogP contribution >= 0.6 is 23.1 Å². The van der Waals surface area contributed by atoms with Crippen molar-refractivity contribution < 1.29 is 9.59 Å². The normalized spacial score (nSPS) is 17.0. The minimum absolute atomic E-state index is 0.179. The quantitative estimate of drug-likeness (QED) is 0.662. The molecule has 0 radical (unpaired) electrons. The molecule has 9 heteroatoms. The van der Waals surface area contributed by atoms with Gasteiger partial charge in [0.05, 0.1) is 15.5 Å². The van der Waals surface area contributed by atoms with Gasteiger partial charge in [-0.15, -0.1) is 0 Å². The highest BCUT2D eigenvalue weighted by Crippen LogP contribution is 2.31. The summed E-state index contributed by atoms with van der Waals surface area (Å²) in [5.74, 6) is -0.380. The summed E-state index contributed by atoms with van der Waals surface area (Å²) in [5.41, 5.74) is 1.86. The third-order valence-corrected chi connectivity index (χ3v) is 5.60. The number of thioether (sulfide) groups is 1. The average Bonchev–Trinajstić information content (AvgIpc) is 3.29. The number of fused-ring (bicyclic) bond motifs is 1. The molecule has 1 fully saturated rings. The van der Waals surface area contributed by atoms with Crippen molar-refractivity contribution in [3.63, 3.8) is 0 Å². The summed E-state index contributed by atoms with van der Waals surface area (Å²) >= 11 is 2.58. The predicted octanol–water partition coefficient (Wildman–Crippen LogP) is 3.48. The smallest absolute Gasteiger partial charge is 0.264 e. The van der Waals surface area contributed by atoms with E-state index >= 15 is 0 Å². The molecule has 0 unspecified atom stereocenters. The fourth-order valence-corrected chi connectivity index (χ4v) is 4.32. The number of anilines is 1. The summed E-state index contributed by atoms with van der Waals surface area (Å²) in [4.78, 5) is 33.3. The molecule has 0 aliphatic carbocycles. The Morgan fingerprint density at radius 2 is 2.22 bits per heavy atom. The van der Waals surface area contributed by atoms with E-state index in [4.69, 9.17) is 0 Å². The van der Waals surface area contributed by atoms with Crippen LogP contribution in [-0.4, -0.2) is 26.5 Å². The number of hydrogen-bond donors (Lipinski definition) is 2. The first-order chi connectivity index (χ1) is 13.0. The van der Waals surface area contributed by atoms with Crippen molar-refractivity contribution in [2.45, 2.75) is 6.92 Å². The second-order valence-corrected chi connectivity index (χ2v) is 7.99. The first-order valence-corrected chi connectivity index (χ1v) is 9.69. The second kappa shape index (κ2) is 7.01. The molecule has 136 valence electrons. The van der Waals surface area contributed by atoms with Gasteiger partial charge in [0.15, 0.2) is 10.3 Å². The number of amidine groups is 1. The maximum Gasteiger partial charge on any atom is 0.264 e. The number of aromatic nitrogens is 2. The molecule has 1 aliphatic rings. The molecular formula is C18H15N5O2S2. The van der Waals surface area contributed by atoms with Gasteiger partial charge in [-0.3, -0.25) is 9.59 Å². The zero-order chi connectivity index (χ0) is 19.0. The average molecular weight is 397 g/mol. The van der Waals surface area contributed by atoms with Crippen LogP contribution in [0, 0.1) is 0 Å². The molecule has 3 aromatic rings. The lowest BCUT2D eigenvalue weighted by atomic mass is 10.2. The third kappa shape index (κ3) is 3.79. The van der Waals surface area contributed by atoms with Crippen LogP contribution in [0.5, 0.6) is 0 Å². The summed E-state index contributed by atoms with van der Waals surface area (Å²) in [7, 11) is 1.98. The van der Waals surface area contributed by atoms with Crippen molar-refractivity contribution in [1.29, 1.82) is 0 Å². The Kier molecular flexibility index (Phi) is 4.54. The first kappa shape index (κ1) is 17.5. The molecule has 1 aliphatic heterocycles. The number of amides is 2. The van der Waals surface area contributed by atoms with Gasteiger partial charge in [-0.2, -0.15) is 0 Å². The maximum atomic E-state index is 12.2. The zero-order valence-corrected chi connectivity index (χ0v) is 16.1. The number of benzene rings is 1. The number of carbonyl (C=O) groups is 2. The fourth-order valence-electron chi connectivity index (χ4n) is 2.61. The van der Waals surface area contributed by atoms with Gasteiger partial charge in [-0.1, -0.05) is 17.4 Å². The van der Waals surface area contributed by atoms with Crippen LogP contribution in [0.2, 0.25) is 0 Å². The van der Waals surface area contributed by atoms with E-state index in [9.17, 15) is 9.59 Å². The Labute approximate surface area is 163 Å². The van der Waals surface area contributed by atoms with E-state index in [0.29, 0.717) is 15.2 Å². The van der Waals surface area contributed by atoms with Crippen molar-refractivity contribution in [1.82, 2.24) is 14.9 Å². The molecule has 1 saturated heterocycles. The highest BCUT2D eigenvalue weighted by molar-refractivity contribution is 8.18. The minimum atomic E-state index is -0.201. The maximum absolute atomic E-state index is 12.2. The third-order valence-electron chi connectivity index (χ3n) is 3.83. The summed E-state index contributed by atoms with van der Waals surface area (Å²) in [6.45, 7) is 1.43. The van der Waals surface area contributed by atoms with Crippen LogP contribution in [-0.2, 0) is 16.6 Å². The van der Waals surface area contributed by atoms with Gasteiger partial charge in [-0.25, -0.2) is 9.98 Å².